The maximum absolute atomic E-state index is 5.18. The first kappa shape index (κ1) is 14.6. The first-order valence-electron chi connectivity index (χ1n) is 6.96. The molecule has 1 aromatic heterocycles. The molecule has 0 aliphatic heterocycles. The van der Waals surface area contributed by atoms with Gasteiger partial charge in [0.05, 0.1) is 19.3 Å². The Morgan fingerprint density at radius 2 is 2.05 bits per heavy atom. The van der Waals surface area contributed by atoms with Crippen LogP contribution in [0, 0.1) is 6.92 Å². The Balaban J connectivity index is 1.72. The molecule has 1 N–H and O–H groups in total. The molecule has 4 heteroatoms. The van der Waals surface area contributed by atoms with E-state index in [0.717, 1.165) is 36.6 Å². The van der Waals surface area contributed by atoms with E-state index < -0.39 is 0 Å². The summed E-state index contributed by atoms with van der Waals surface area (Å²) in [6.45, 7) is 4.84. The molecule has 20 heavy (non-hydrogen) atoms. The smallest absolute Gasteiger partial charge is 0.150 e. The number of benzene rings is 1. The van der Waals surface area contributed by atoms with Gasteiger partial charge in [0, 0.05) is 12.1 Å². The second kappa shape index (κ2) is 7.10. The number of ether oxygens (including phenoxy) is 1. The molecule has 0 spiro atoms. The van der Waals surface area contributed by atoms with Gasteiger partial charge in [0.25, 0.3) is 0 Å². The molecule has 1 unspecified atom stereocenters. The number of aromatic nitrogens is 1. The van der Waals surface area contributed by atoms with Gasteiger partial charge in [-0.15, -0.1) is 0 Å². The van der Waals surface area contributed by atoms with Gasteiger partial charge in [0.1, 0.15) is 5.75 Å². The fraction of sp³-hybridized carbons (Fsp3) is 0.438. The van der Waals surface area contributed by atoms with Crippen molar-refractivity contribution in [3.8, 4) is 5.75 Å². The molecule has 1 aromatic carbocycles. The van der Waals surface area contributed by atoms with Crippen LogP contribution in [-0.4, -0.2) is 18.3 Å². The van der Waals surface area contributed by atoms with E-state index in [0.29, 0.717) is 6.04 Å². The zero-order chi connectivity index (χ0) is 14.4. The molecule has 1 heterocycles. The van der Waals surface area contributed by atoms with E-state index in [1.807, 2.05) is 25.1 Å². The maximum Gasteiger partial charge on any atom is 0.150 e. The molecule has 0 aliphatic carbocycles. The molecule has 2 aromatic rings. The lowest BCUT2D eigenvalue weighted by Gasteiger charge is -2.12. The standard InChI is InChI=1S/C16H22N2O2/c1-12(17-11-16-10-13(2)18-20-16)4-5-14-6-8-15(19-3)9-7-14/h6-10,12,17H,4-5,11H2,1-3H3. The van der Waals surface area contributed by atoms with Gasteiger partial charge in [-0.25, -0.2) is 0 Å². The van der Waals surface area contributed by atoms with Crippen molar-refractivity contribution in [1.29, 1.82) is 0 Å². The topological polar surface area (TPSA) is 47.3 Å². The van der Waals surface area contributed by atoms with Crippen LogP contribution in [0.25, 0.3) is 0 Å². The molecule has 0 radical (unpaired) electrons. The quantitative estimate of drug-likeness (QED) is 0.842. The van der Waals surface area contributed by atoms with Crippen LogP contribution >= 0.6 is 0 Å². The minimum atomic E-state index is 0.433. The van der Waals surface area contributed by atoms with Crippen molar-refractivity contribution in [3.63, 3.8) is 0 Å². The zero-order valence-electron chi connectivity index (χ0n) is 12.3. The molecule has 0 saturated heterocycles. The van der Waals surface area contributed by atoms with Gasteiger partial charge < -0.3 is 14.6 Å². The fourth-order valence-electron chi connectivity index (χ4n) is 2.05. The molecule has 0 saturated carbocycles. The van der Waals surface area contributed by atoms with Crippen LogP contribution in [-0.2, 0) is 13.0 Å². The molecular formula is C16H22N2O2. The number of hydrogen-bond acceptors (Lipinski definition) is 4. The molecule has 0 aliphatic rings. The molecule has 2 rings (SSSR count). The summed E-state index contributed by atoms with van der Waals surface area (Å²) in [6, 6.07) is 10.6. The van der Waals surface area contributed by atoms with E-state index in [1.165, 1.54) is 5.56 Å². The maximum atomic E-state index is 5.18. The lowest BCUT2D eigenvalue weighted by molar-refractivity contribution is 0.359. The summed E-state index contributed by atoms with van der Waals surface area (Å²) in [7, 11) is 1.69. The van der Waals surface area contributed by atoms with E-state index in [-0.39, 0.29) is 0 Å². The van der Waals surface area contributed by atoms with Crippen LogP contribution in [0.3, 0.4) is 0 Å². The monoisotopic (exact) mass is 274 g/mol. The highest BCUT2D eigenvalue weighted by atomic mass is 16.5. The predicted octanol–water partition coefficient (Wildman–Crippen LogP) is 3.10. The molecule has 1 atom stereocenters. The third kappa shape index (κ3) is 4.38. The van der Waals surface area contributed by atoms with Gasteiger partial charge in [-0.05, 0) is 44.4 Å². The Morgan fingerprint density at radius 3 is 2.65 bits per heavy atom. The lowest BCUT2D eigenvalue weighted by Crippen LogP contribution is -2.25. The number of methoxy groups -OCH3 is 1. The first-order valence-corrected chi connectivity index (χ1v) is 6.96. The Labute approximate surface area is 120 Å². The summed E-state index contributed by atoms with van der Waals surface area (Å²) in [5, 5.41) is 7.32. The largest absolute Gasteiger partial charge is 0.497 e. The summed E-state index contributed by atoms with van der Waals surface area (Å²) in [6.07, 6.45) is 2.13. The van der Waals surface area contributed by atoms with E-state index >= 15 is 0 Å². The van der Waals surface area contributed by atoms with E-state index in [4.69, 9.17) is 9.26 Å². The third-order valence-corrected chi connectivity index (χ3v) is 3.33. The Kier molecular flexibility index (Phi) is 5.18. The zero-order valence-corrected chi connectivity index (χ0v) is 12.3. The third-order valence-electron chi connectivity index (χ3n) is 3.33. The summed E-state index contributed by atoms with van der Waals surface area (Å²) in [4.78, 5) is 0. The van der Waals surface area contributed by atoms with Gasteiger partial charge >= 0.3 is 0 Å². The molecule has 0 fully saturated rings. The van der Waals surface area contributed by atoms with Crippen LogP contribution in [0.15, 0.2) is 34.9 Å². The molecular weight excluding hydrogens is 252 g/mol. The summed E-state index contributed by atoms with van der Waals surface area (Å²) < 4.78 is 10.3. The lowest BCUT2D eigenvalue weighted by atomic mass is 10.1. The van der Waals surface area contributed by atoms with Crippen LogP contribution in [0.1, 0.15) is 30.4 Å². The molecule has 108 valence electrons. The number of aryl methyl sites for hydroxylation is 2. The van der Waals surface area contributed by atoms with Crippen LogP contribution < -0.4 is 10.1 Å². The predicted molar refractivity (Wildman–Crippen MR) is 78.9 cm³/mol. The number of rotatable bonds is 7. The van der Waals surface area contributed by atoms with Crippen molar-refractivity contribution in [2.45, 2.75) is 39.3 Å². The average Bonchev–Trinajstić information content (AvgIpc) is 2.89. The van der Waals surface area contributed by atoms with Crippen molar-refractivity contribution in [2.24, 2.45) is 0 Å². The van der Waals surface area contributed by atoms with Crippen LogP contribution in [0.4, 0.5) is 0 Å². The second-order valence-corrected chi connectivity index (χ2v) is 5.10. The van der Waals surface area contributed by atoms with Crippen LogP contribution in [0.2, 0.25) is 0 Å². The number of nitrogens with one attached hydrogen (secondary N) is 1. The Hall–Kier alpha value is -1.81. The van der Waals surface area contributed by atoms with Gasteiger partial charge in [0.15, 0.2) is 5.76 Å². The highest BCUT2D eigenvalue weighted by molar-refractivity contribution is 5.27. The van der Waals surface area contributed by atoms with Gasteiger partial charge in [-0.1, -0.05) is 17.3 Å². The van der Waals surface area contributed by atoms with E-state index in [1.54, 1.807) is 7.11 Å². The van der Waals surface area contributed by atoms with Gasteiger partial charge in [-0.2, -0.15) is 0 Å². The highest BCUT2D eigenvalue weighted by Gasteiger charge is 2.05. The number of nitrogens with zero attached hydrogens (tertiary/aromatic N) is 1. The average molecular weight is 274 g/mol. The summed E-state index contributed by atoms with van der Waals surface area (Å²) in [5.41, 5.74) is 2.25. The van der Waals surface area contributed by atoms with Crippen molar-refractivity contribution in [2.75, 3.05) is 7.11 Å². The SMILES string of the molecule is COc1ccc(CCC(C)NCc2cc(C)no2)cc1. The molecule has 0 bridgehead atoms. The molecule has 4 nitrogen and oxygen atoms in total. The minimum Gasteiger partial charge on any atom is -0.497 e. The summed E-state index contributed by atoms with van der Waals surface area (Å²) >= 11 is 0. The van der Waals surface area contributed by atoms with Crippen LogP contribution in [0.5, 0.6) is 5.75 Å². The van der Waals surface area contributed by atoms with E-state index in [2.05, 4.69) is 29.5 Å². The first-order chi connectivity index (χ1) is 9.67. The fourth-order valence-corrected chi connectivity index (χ4v) is 2.05. The Morgan fingerprint density at radius 1 is 1.30 bits per heavy atom. The highest BCUT2D eigenvalue weighted by Crippen LogP contribution is 2.13. The van der Waals surface area contributed by atoms with Gasteiger partial charge in [0.2, 0.25) is 0 Å². The van der Waals surface area contributed by atoms with E-state index in [9.17, 15) is 0 Å². The van der Waals surface area contributed by atoms with Gasteiger partial charge in [-0.3, -0.25) is 0 Å². The van der Waals surface area contributed by atoms with Crippen molar-refractivity contribution >= 4 is 0 Å². The Bertz CT molecular complexity index is 520. The normalized spacial score (nSPS) is 12.3. The minimum absolute atomic E-state index is 0.433. The second-order valence-electron chi connectivity index (χ2n) is 5.10. The molecule has 0 amide bonds. The number of hydrogen-bond donors (Lipinski definition) is 1. The van der Waals surface area contributed by atoms with Crippen molar-refractivity contribution in [1.82, 2.24) is 10.5 Å². The van der Waals surface area contributed by atoms with Crippen molar-refractivity contribution < 1.29 is 9.26 Å². The summed E-state index contributed by atoms with van der Waals surface area (Å²) in [5.74, 6) is 1.79. The van der Waals surface area contributed by atoms with Crippen molar-refractivity contribution in [3.05, 3.63) is 47.3 Å².